The number of nitrogens with two attached hydrogens (primary N) is 1. The second kappa shape index (κ2) is 13.2. The number of phenols is 1. The summed E-state index contributed by atoms with van der Waals surface area (Å²) in [4.78, 5) is 25.2. The Kier molecular flexibility index (Phi) is 9.49. The smallest absolute Gasteiger partial charge is 0.412 e. The molecule has 0 radical (unpaired) electrons. The van der Waals surface area contributed by atoms with E-state index in [1.807, 2.05) is 0 Å². The molecular formula is C28H28IN3O7. The van der Waals surface area contributed by atoms with Crippen LogP contribution in [0.1, 0.15) is 24.5 Å². The number of halogens is 1. The lowest BCUT2D eigenvalue weighted by atomic mass is 9.99. The molecular weight excluding hydrogens is 617 g/mol. The molecule has 0 unspecified atom stereocenters. The fraction of sp³-hybridized carbons (Fsp3) is 0.214. The van der Waals surface area contributed by atoms with Crippen LogP contribution in [-0.2, 0) is 14.3 Å². The van der Waals surface area contributed by atoms with Crippen molar-refractivity contribution in [2.24, 2.45) is 0 Å². The molecule has 0 fully saturated rings. The van der Waals surface area contributed by atoms with Crippen LogP contribution < -0.4 is 25.8 Å². The van der Waals surface area contributed by atoms with E-state index in [1.165, 1.54) is 19.3 Å². The summed E-state index contributed by atoms with van der Waals surface area (Å²) in [5.41, 5.74) is 7.72. The van der Waals surface area contributed by atoms with Crippen LogP contribution in [0.5, 0.6) is 17.2 Å². The summed E-state index contributed by atoms with van der Waals surface area (Å²) in [6.45, 7) is 0.114. The Morgan fingerprint density at radius 3 is 2.69 bits per heavy atom. The molecule has 10 nitrogen and oxygen atoms in total. The monoisotopic (exact) mass is 645 g/mol. The molecule has 3 aromatic rings. The van der Waals surface area contributed by atoms with Gasteiger partial charge in [0.2, 0.25) is 12.7 Å². The highest BCUT2D eigenvalue weighted by molar-refractivity contribution is 14.1. The number of hydrogen-bond donors (Lipinski definition) is 4. The number of amides is 2. The fourth-order valence-corrected chi connectivity index (χ4v) is 4.47. The maximum Gasteiger partial charge on any atom is 0.412 e. The molecule has 0 aliphatic carbocycles. The van der Waals surface area contributed by atoms with Crippen molar-refractivity contribution in [3.63, 3.8) is 0 Å². The van der Waals surface area contributed by atoms with Crippen molar-refractivity contribution in [3.05, 3.63) is 81.9 Å². The maximum absolute atomic E-state index is 12.9. The van der Waals surface area contributed by atoms with Gasteiger partial charge in [0.1, 0.15) is 5.75 Å². The average Bonchev–Trinajstić information content (AvgIpc) is 3.38. The molecule has 0 saturated carbocycles. The number of carbonyl (C=O) groups excluding carboxylic acids is 2. The van der Waals surface area contributed by atoms with Crippen LogP contribution in [0.15, 0.2) is 72.8 Å². The molecule has 11 heteroatoms. The zero-order valence-corrected chi connectivity index (χ0v) is 23.2. The summed E-state index contributed by atoms with van der Waals surface area (Å²) in [5.74, 6) is 0.742. The zero-order valence-electron chi connectivity index (χ0n) is 21.1. The summed E-state index contributed by atoms with van der Waals surface area (Å²) in [7, 11) is 1.50. The third kappa shape index (κ3) is 7.54. The number of nitrogens with one attached hydrogen (secondary N) is 2. The molecule has 0 bridgehead atoms. The number of allylic oxidation sites excluding steroid dienone is 1. The zero-order chi connectivity index (χ0) is 27.8. The van der Waals surface area contributed by atoms with Crippen LogP contribution in [0.3, 0.4) is 0 Å². The summed E-state index contributed by atoms with van der Waals surface area (Å²) in [6, 6.07) is 17.0. The normalized spacial score (nSPS) is 13.6. The number of phenolic OH excluding ortho intramolecular Hbond substituents is 1. The molecule has 39 heavy (non-hydrogen) atoms. The van der Waals surface area contributed by atoms with Crippen molar-refractivity contribution in [3.8, 4) is 17.2 Å². The van der Waals surface area contributed by atoms with Gasteiger partial charge in [0.05, 0.1) is 17.5 Å². The van der Waals surface area contributed by atoms with Gasteiger partial charge in [-0.1, -0.05) is 18.2 Å². The first kappa shape index (κ1) is 28.0. The molecule has 4 rings (SSSR count). The van der Waals surface area contributed by atoms with Gasteiger partial charge in [0.25, 0.3) is 0 Å². The van der Waals surface area contributed by atoms with Gasteiger partial charge in [-0.25, -0.2) is 4.79 Å². The number of anilines is 3. The number of rotatable bonds is 10. The van der Waals surface area contributed by atoms with Crippen molar-refractivity contribution in [2.45, 2.75) is 25.0 Å². The molecule has 1 heterocycles. The number of hydrogen-bond acceptors (Lipinski definition) is 8. The first-order valence-corrected chi connectivity index (χ1v) is 13.1. The van der Waals surface area contributed by atoms with Crippen molar-refractivity contribution in [1.82, 2.24) is 0 Å². The van der Waals surface area contributed by atoms with Crippen molar-refractivity contribution < 1.29 is 33.6 Å². The van der Waals surface area contributed by atoms with Gasteiger partial charge < -0.3 is 35.1 Å². The van der Waals surface area contributed by atoms with E-state index in [0.29, 0.717) is 47.0 Å². The standard InChI is InChI=1S/C28H28IN3O7/c1-36-24(8-4-5-9-26(34)32-21-7-3-2-6-20(21)30)27(19-14-17(29)10-12-22(19)33)39-28(35)31-18-11-13-23-25(15-18)38-16-37-23/h2-3,5-7,9-15,24,27,33H,4,8,16,30H2,1H3,(H,31,35)(H,32,34)/b9-5+/t24-,27-/m0/s1. The number of para-hydroxylation sites is 2. The fourth-order valence-electron chi connectivity index (χ4n) is 3.96. The predicted octanol–water partition coefficient (Wildman–Crippen LogP) is 5.59. The molecule has 0 aromatic heterocycles. The van der Waals surface area contributed by atoms with E-state index in [-0.39, 0.29) is 18.4 Å². The molecule has 2 amide bonds. The quantitative estimate of drug-likeness (QED) is 0.127. The number of nitrogen functional groups attached to an aromatic ring is 1. The topological polar surface area (TPSA) is 141 Å². The minimum absolute atomic E-state index is 0.0336. The Morgan fingerprint density at radius 1 is 1.10 bits per heavy atom. The number of methoxy groups -OCH3 is 1. The Hall–Kier alpha value is -3.97. The number of benzene rings is 3. The maximum atomic E-state index is 12.9. The largest absolute Gasteiger partial charge is 0.508 e. The molecule has 0 spiro atoms. The van der Waals surface area contributed by atoms with Gasteiger partial charge >= 0.3 is 6.09 Å². The Morgan fingerprint density at radius 2 is 1.90 bits per heavy atom. The number of ether oxygens (including phenoxy) is 4. The van der Waals surface area contributed by atoms with Crippen molar-refractivity contribution >= 4 is 51.7 Å². The predicted molar refractivity (Wildman–Crippen MR) is 155 cm³/mol. The molecule has 204 valence electrons. The molecule has 1 aliphatic heterocycles. The van der Waals surface area contributed by atoms with Crippen LogP contribution in [0, 0.1) is 3.57 Å². The average molecular weight is 645 g/mol. The van der Waals surface area contributed by atoms with Crippen molar-refractivity contribution in [2.75, 3.05) is 30.3 Å². The third-order valence-corrected chi connectivity index (χ3v) is 6.57. The molecule has 2 atom stereocenters. The van der Waals surface area contributed by atoms with Crippen molar-refractivity contribution in [1.29, 1.82) is 0 Å². The lowest BCUT2D eigenvalue weighted by molar-refractivity contribution is -0.111. The molecule has 1 aliphatic rings. The van der Waals surface area contributed by atoms with Crippen LogP contribution in [0.2, 0.25) is 0 Å². The summed E-state index contributed by atoms with van der Waals surface area (Å²) in [6.07, 6.45) is 1.61. The Bertz CT molecular complexity index is 1360. The summed E-state index contributed by atoms with van der Waals surface area (Å²) in [5, 5.41) is 16.0. The van der Waals surface area contributed by atoms with Crippen LogP contribution in [0.25, 0.3) is 0 Å². The van der Waals surface area contributed by atoms with Crippen LogP contribution in [-0.4, -0.2) is 37.1 Å². The highest BCUT2D eigenvalue weighted by atomic mass is 127. The highest BCUT2D eigenvalue weighted by Crippen LogP contribution is 2.36. The van der Waals surface area contributed by atoms with E-state index in [4.69, 9.17) is 24.7 Å². The number of aromatic hydroxyl groups is 1. The second-order valence-electron chi connectivity index (χ2n) is 8.55. The van der Waals surface area contributed by atoms with Crippen LogP contribution >= 0.6 is 22.6 Å². The molecule has 0 saturated heterocycles. The molecule has 3 aromatic carbocycles. The van der Waals surface area contributed by atoms with E-state index >= 15 is 0 Å². The SMILES string of the molecule is CO[C@@H](CC/C=C/C(=O)Nc1ccccc1N)[C@@H](OC(=O)Nc1ccc2c(c1)OCO2)c1cc(I)ccc1O. The number of fused-ring (bicyclic) bond motifs is 1. The van der Waals surface area contributed by atoms with E-state index in [9.17, 15) is 14.7 Å². The minimum Gasteiger partial charge on any atom is -0.508 e. The van der Waals surface area contributed by atoms with Gasteiger partial charge in [0.15, 0.2) is 17.6 Å². The van der Waals surface area contributed by atoms with Gasteiger partial charge in [-0.3, -0.25) is 10.1 Å². The van der Waals surface area contributed by atoms with Gasteiger partial charge in [-0.2, -0.15) is 0 Å². The van der Waals surface area contributed by atoms with E-state index < -0.39 is 18.3 Å². The molecule has 5 N–H and O–H groups in total. The summed E-state index contributed by atoms with van der Waals surface area (Å²) >= 11 is 2.11. The van der Waals surface area contributed by atoms with E-state index in [0.717, 1.165) is 3.57 Å². The highest BCUT2D eigenvalue weighted by Gasteiger charge is 2.29. The lowest BCUT2D eigenvalue weighted by Crippen LogP contribution is -2.28. The Labute approximate surface area is 239 Å². The summed E-state index contributed by atoms with van der Waals surface area (Å²) < 4.78 is 23.0. The second-order valence-corrected chi connectivity index (χ2v) is 9.80. The van der Waals surface area contributed by atoms with E-state index in [1.54, 1.807) is 60.7 Å². The van der Waals surface area contributed by atoms with Crippen LogP contribution in [0.4, 0.5) is 21.9 Å². The lowest BCUT2D eigenvalue weighted by Gasteiger charge is -2.27. The van der Waals surface area contributed by atoms with E-state index in [2.05, 4.69) is 33.2 Å². The first-order chi connectivity index (χ1) is 18.8. The van der Waals surface area contributed by atoms with Gasteiger partial charge in [-0.15, -0.1) is 0 Å². The van der Waals surface area contributed by atoms with Gasteiger partial charge in [0, 0.05) is 28.0 Å². The van der Waals surface area contributed by atoms with Gasteiger partial charge in [-0.05, 0) is 84.0 Å². The minimum atomic E-state index is -0.940. The Balaban J connectivity index is 1.43. The first-order valence-electron chi connectivity index (χ1n) is 12.0. The third-order valence-electron chi connectivity index (χ3n) is 5.90. The number of carbonyl (C=O) groups is 2.